The first-order chi connectivity index (χ1) is 17.6. The molecule has 37 heavy (non-hydrogen) atoms. The molecule has 2 aromatic heterocycles. The second kappa shape index (κ2) is 8.72. The Morgan fingerprint density at radius 1 is 1.08 bits per heavy atom. The zero-order valence-electron chi connectivity index (χ0n) is 22.5. The Morgan fingerprint density at radius 2 is 1.78 bits per heavy atom. The summed E-state index contributed by atoms with van der Waals surface area (Å²) in [5.74, 6) is 1.90. The van der Waals surface area contributed by atoms with Crippen LogP contribution in [0.3, 0.4) is 0 Å². The average Bonchev–Trinajstić information content (AvgIpc) is 3.61. The summed E-state index contributed by atoms with van der Waals surface area (Å²) in [6, 6.07) is 10.8. The Morgan fingerprint density at radius 3 is 2.35 bits per heavy atom. The highest BCUT2D eigenvalue weighted by molar-refractivity contribution is 5.56. The van der Waals surface area contributed by atoms with E-state index in [1.807, 2.05) is 10.7 Å². The highest BCUT2D eigenvalue weighted by atomic mass is 16.3. The lowest BCUT2D eigenvalue weighted by atomic mass is 9.62. The predicted molar refractivity (Wildman–Crippen MR) is 143 cm³/mol. The highest BCUT2D eigenvalue weighted by Crippen LogP contribution is 2.50. The van der Waals surface area contributed by atoms with Gasteiger partial charge in [0.05, 0.1) is 11.6 Å². The van der Waals surface area contributed by atoms with Gasteiger partial charge in [-0.25, -0.2) is 9.67 Å². The van der Waals surface area contributed by atoms with E-state index in [1.165, 1.54) is 5.56 Å². The second-order valence-corrected chi connectivity index (χ2v) is 12.5. The van der Waals surface area contributed by atoms with Crippen LogP contribution in [-0.2, 0) is 12.0 Å². The summed E-state index contributed by atoms with van der Waals surface area (Å²) in [5, 5.41) is 28.3. The van der Waals surface area contributed by atoms with Crippen LogP contribution in [0.4, 0.5) is 0 Å². The van der Waals surface area contributed by atoms with Crippen molar-refractivity contribution in [3.05, 3.63) is 65.2 Å². The molecule has 7 heteroatoms. The van der Waals surface area contributed by atoms with Crippen molar-refractivity contribution in [2.24, 2.45) is 5.41 Å². The SMILES string of the molecule is CC(C)c1ccc([C@](O)(c2cncc(-c3nc(CC4(O)CCC4)n(C4CC4)n3)c2)C2(C)CN(C)C2)cc1. The third-order valence-electron chi connectivity index (χ3n) is 8.89. The van der Waals surface area contributed by atoms with Crippen LogP contribution in [0, 0.1) is 5.41 Å². The Hall–Kier alpha value is -2.61. The van der Waals surface area contributed by atoms with E-state index in [0.717, 1.165) is 67.7 Å². The average molecular weight is 502 g/mol. The van der Waals surface area contributed by atoms with E-state index < -0.39 is 11.2 Å². The van der Waals surface area contributed by atoms with Gasteiger partial charge in [-0.3, -0.25) is 4.98 Å². The molecule has 3 fully saturated rings. The van der Waals surface area contributed by atoms with Crippen LogP contribution in [-0.4, -0.2) is 60.6 Å². The van der Waals surface area contributed by atoms with Crippen molar-refractivity contribution in [3.63, 3.8) is 0 Å². The molecule has 1 aromatic carbocycles. The fourth-order valence-electron chi connectivity index (χ4n) is 6.37. The summed E-state index contributed by atoms with van der Waals surface area (Å²) >= 11 is 0. The standard InChI is InChI=1S/C30H39N5O2/c1-20(2)21-6-8-23(9-7-21)30(37,28(3)18-34(4)19-28)24-14-22(16-31-17-24)27-32-26(15-29(36)12-5-13-29)35(33-27)25-10-11-25/h6-9,14,16-17,20,25,36-37H,5,10-13,15,18-19H2,1-4H3/t30-/m0/s1. The van der Waals surface area contributed by atoms with E-state index in [1.54, 1.807) is 12.4 Å². The van der Waals surface area contributed by atoms with Gasteiger partial charge in [0.25, 0.3) is 0 Å². The molecule has 3 aromatic rings. The van der Waals surface area contributed by atoms with Crippen molar-refractivity contribution in [1.82, 2.24) is 24.6 Å². The maximum Gasteiger partial charge on any atom is 0.182 e. The maximum atomic E-state index is 12.6. The molecule has 2 saturated carbocycles. The summed E-state index contributed by atoms with van der Waals surface area (Å²) in [5.41, 5.74) is 1.49. The van der Waals surface area contributed by atoms with Crippen LogP contribution in [0.1, 0.15) is 87.3 Å². The molecule has 2 N–H and O–H groups in total. The lowest BCUT2D eigenvalue weighted by Gasteiger charge is -2.55. The number of likely N-dealkylation sites (tertiary alicyclic amines) is 1. The fourth-order valence-corrected chi connectivity index (χ4v) is 6.37. The molecular formula is C30H39N5O2. The molecule has 3 aliphatic rings. The van der Waals surface area contributed by atoms with Crippen molar-refractivity contribution in [2.45, 2.75) is 82.5 Å². The van der Waals surface area contributed by atoms with Crippen molar-refractivity contribution in [2.75, 3.05) is 20.1 Å². The van der Waals surface area contributed by atoms with Crippen molar-refractivity contribution in [3.8, 4) is 11.4 Å². The number of hydrogen-bond acceptors (Lipinski definition) is 6. The van der Waals surface area contributed by atoms with E-state index in [2.05, 4.69) is 62.0 Å². The van der Waals surface area contributed by atoms with E-state index in [9.17, 15) is 10.2 Å². The number of pyridine rings is 1. The lowest BCUT2D eigenvalue weighted by Crippen LogP contribution is -2.63. The Kier molecular flexibility index (Phi) is 5.82. The molecule has 7 nitrogen and oxygen atoms in total. The van der Waals surface area contributed by atoms with Crippen molar-refractivity contribution in [1.29, 1.82) is 0 Å². The van der Waals surface area contributed by atoms with Gasteiger partial charge in [0.1, 0.15) is 11.4 Å². The van der Waals surface area contributed by atoms with Crippen LogP contribution in [0.5, 0.6) is 0 Å². The monoisotopic (exact) mass is 501 g/mol. The fraction of sp³-hybridized carbons (Fsp3) is 0.567. The summed E-state index contributed by atoms with van der Waals surface area (Å²) in [6.45, 7) is 8.10. The van der Waals surface area contributed by atoms with Gasteiger partial charge in [-0.05, 0) is 62.3 Å². The van der Waals surface area contributed by atoms with Gasteiger partial charge in [0.2, 0.25) is 0 Å². The van der Waals surface area contributed by atoms with Gasteiger partial charge in [-0.15, -0.1) is 0 Å². The van der Waals surface area contributed by atoms with Crippen LogP contribution >= 0.6 is 0 Å². The number of aliphatic hydroxyl groups is 2. The number of benzene rings is 1. The smallest absolute Gasteiger partial charge is 0.182 e. The van der Waals surface area contributed by atoms with Gasteiger partial charge < -0.3 is 15.1 Å². The second-order valence-electron chi connectivity index (χ2n) is 12.5. The summed E-state index contributed by atoms with van der Waals surface area (Å²) in [6.07, 6.45) is 9.04. The molecule has 6 rings (SSSR count). The van der Waals surface area contributed by atoms with Gasteiger partial charge in [0.15, 0.2) is 5.82 Å². The normalized spacial score (nSPS) is 22.4. The van der Waals surface area contributed by atoms with Crippen molar-refractivity contribution >= 4 is 0 Å². The molecular weight excluding hydrogens is 462 g/mol. The van der Waals surface area contributed by atoms with Crippen LogP contribution in [0.25, 0.3) is 11.4 Å². The largest absolute Gasteiger partial charge is 0.389 e. The molecule has 1 atom stereocenters. The van der Waals surface area contributed by atoms with Gasteiger partial charge in [0, 0.05) is 48.4 Å². The number of hydrogen-bond donors (Lipinski definition) is 2. The molecule has 3 heterocycles. The Bertz CT molecular complexity index is 1290. The first kappa shape index (κ1) is 24.7. The van der Waals surface area contributed by atoms with E-state index in [-0.39, 0.29) is 5.41 Å². The number of aromatic nitrogens is 4. The Labute approximate surface area is 219 Å². The number of nitrogens with zero attached hydrogens (tertiary/aromatic N) is 5. The van der Waals surface area contributed by atoms with Gasteiger partial charge in [-0.2, -0.15) is 5.10 Å². The molecule has 0 bridgehead atoms. The summed E-state index contributed by atoms with van der Waals surface area (Å²) < 4.78 is 2.03. The molecule has 0 amide bonds. The lowest BCUT2D eigenvalue weighted by molar-refractivity contribution is -0.127. The summed E-state index contributed by atoms with van der Waals surface area (Å²) in [7, 11) is 2.09. The minimum absolute atomic E-state index is 0.360. The molecule has 0 spiro atoms. The topological polar surface area (TPSA) is 87.3 Å². The van der Waals surface area contributed by atoms with Gasteiger partial charge >= 0.3 is 0 Å². The third kappa shape index (κ3) is 4.21. The van der Waals surface area contributed by atoms with E-state index >= 15 is 0 Å². The van der Waals surface area contributed by atoms with Crippen LogP contribution in [0.15, 0.2) is 42.7 Å². The molecule has 0 unspecified atom stereocenters. The number of rotatable bonds is 8. The van der Waals surface area contributed by atoms with E-state index in [0.29, 0.717) is 24.2 Å². The summed E-state index contributed by atoms with van der Waals surface area (Å²) in [4.78, 5) is 11.7. The molecule has 2 aliphatic carbocycles. The minimum atomic E-state index is -1.21. The third-order valence-corrected chi connectivity index (χ3v) is 8.89. The van der Waals surface area contributed by atoms with Crippen LogP contribution < -0.4 is 0 Å². The quantitative estimate of drug-likeness (QED) is 0.474. The van der Waals surface area contributed by atoms with Crippen molar-refractivity contribution < 1.29 is 10.2 Å². The molecule has 196 valence electrons. The maximum absolute atomic E-state index is 12.6. The molecule has 0 radical (unpaired) electrons. The Balaban J connectivity index is 1.40. The first-order valence-corrected chi connectivity index (χ1v) is 13.8. The predicted octanol–water partition coefficient (Wildman–Crippen LogP) is 4.44. The molecule has 1 saturated heterocycles. The van der Waals surface area contributed by atoms with Crippen LogP contribution in [0.2, 0.25) is 0 Å². The molecule has 1 aliphatic heterocycles. The highest BCUT2D eigenvalue weighted by Gasteiger charge is 2.55. The van der Waals surface area contributed by atoms with Gasteiger partial charge in [-0.1, -0.05) is 45.0 Å². The zero-order chi connectivity index (χ0) is 26.0. The minimum Gasteiger partial charge on any atom is -0.389 e. The first-order valence-electron chi connectivity index (χ1n) is 13.8. The zero-order valence-corrected chi connectivity index (χ0v) is 22.5. The van der Waals surface area contributed by atoms with E-state index in [4.69, 9.17) is 10.1 Å².